The molecular weight excluding hydrogens is 376 g/mol. The molecule has 0 atom stereocenters. The number of aryl methyl sites for hydroxylation is 1. The molecule has 2 aromatic heterocycles. The quantitative estimate of drug-likeness (QED) is 0.529. The van der Waals surface area contributed by atoms with Gasteiger partial charge in [-0.25, -0.2) is 4.68 Å². The second kappa shape index (κ2) is 7.70. The maximum absolute atomic E-state index is 12.6. The molecule has 0 aliphatic heterocycles. The number of carbonyl (C=O) groups is 1. The number of amides is 1. The predicted octanol–water partition coefficient (Wildman–Crippen LogP) is 4.80. The van der Waals surface area contributed by atoms with Crippen LogP contribution >= 0.6 is 11.6 Å². The molecule has 0 fully saturated rings. The van der Waals surface area contributed by atoms with E-state index in [2.05, 4.69) is 15.6 Å². The molecule has 1 N–H and O–H groups in total. The van der Waals surface area contributed by atoms with Gasteiger partial charge in [0.1, 0.15) is 11.5 Å². The van der Waals surface area contributed by atoms with E-state index in [1.54, 1.807) is 23.0 Å². The Morgan fingerprint density at radius 1 is 1.11 bits per heavy atom. The zero-order valence-corrected chi connectivity index (χ0v) is 15.8. The van der Waals surface area contributed by atoms with E-state index >= 15 is 0 Å². The number of benzene rings is 2. The number of aromatic nitrogens is 3. The lowest BCUT2D eigenvalue weighted by atomic mass is 10.1. The van der Waals surface area contributed by atoms with Crippen molar-refractivity contribution in [3.8, 4) is 11.3 Å². The first kappa shape index (κ1) is 18.0. The normalized spacial score (nSPS) is 10.8. The van der Waals surface area contributed by atoms with Gasteiger partial charge in [0.15, 0.2) is 0 Å². The van der Waals surface area contributed by atoms with Crippen molar-refractivity contribution in [3.63, 3.8) is 0 Å². The Bertz CT molecular complexity index is 1100. The lowest BCUT2D eigenvalue weighted by molar-refractivity contribution is 0.0987. The van der Waals surface area contributed by atoms with Crippen LogP contribution in [0.5, 0.6) is 0 Å². The Kier molecular flexibility index (Phi) is 4.95. The van der Waals surface area contributed by atoms with Gasteiger partial charge in [0.05, 0.1) is 12.7 Å². The van der Waals surface area contributed by atoms with Crippen molar-refractivity contribution >= 4 is 23.3 Å². The number of halogens is 1. The van der Waals surface area contributed by atoms with Crippen molar-refractivity contribution in [2.75, 3.05) is 5.32 Å². The van der Waals surface area contributed by atoms with E-state index < -0.39 is 0 Å². The summed E-state index contributed by atoms with van der Waals surface area (Å²) in [6.07, 6.45) is 1.63. The van der Waals surface area contributed by atoms with Crippen molar-refractivity contribution in [1.82, 2.24) is 14.9 Å². The maximum atomic E-state index is 12.6. The average molecular weight is 393 g/mol. The van der Waals surface area contributed by atoms with Crippen LogP contribution in [-0.2, 0) is 6.54 Å². The third kappa shape index (κ3) is 3.97. The standard InChI is InChI=1S/C21H17ClN4O2/c1-14-2-6-16(7-3-14)18-12-19(28-25-18)21(27)24-20-10-11-23-26(20)13-15-4-8-17(22)9-5-15/h2-12H,13H2,1H3,(H,24,27). The molecular formula is C21H17ClN4O2. The minimum atomic E-state index is -0.385. The van der Waals surface area contributed by atoms with Gasteiger partial charge in [0, 0.05) is 22.7 Å². The predicted molar refractivity (Wildman–Crippen MR) is 107 cm³/mol. The van der Waals surface area contributed by atoms with Gasteiger partial charge in [-0.1, -0.05) is 58.7 Å². The van der Waals surface area contributed by atoms with E-state index in [4.69, 9.17) is 16.1 Å². The summed E-state index contributed by atoms with van der Waals surface area (Å²) in [6, 6.07) is 18.7. The van der Waals surface area contributed by atoms with Gasteiger partial charge in [-0.2, -0.15) is 5.10 Å². The van der Waals surface area contributed by atoms with E-state index in [9.17, 15) is 4.79 Å². The molecule has 2 heterocycles. The van der Waals surface area contributed by atoms with Crippen LogP contribution in [0.4, 0.5) is 5.82 Å². The minimum absolute atomic E-state index is 0.134. The highest BCUT2D eigenvalue weighted by Gasteiger charge is 2.16. The molecule has 2 aromatic carbocycles. The first-order valence-corrected chi connectivity index (χ1v) is 9.08. The number of hydrogen-bond acceptors (Lipinski definition) is 4. The van der Waals surface area contributed by atoms with Gasteiger partial charge in [-0.05, 0) is 24.6 Å². The highest BCUT2D eigenvalue weighted by Crippen LogP contribution is 2.20. The van der Waals surface area contributed by atoms with Crippen LogP contribution < -0.4 is 5.32 Å². The molecule has 4 rings (SSSR count). The molecule has 0 aliphatic carbocycles. The van der Waals surface area contributed by atoms with Crippen LogP contribution in [0, 0.1) is 6.92 Å². The van der Waals surface area contributed by atoms with Gasteiger partial charge >= 0.3 is 0 Å². The molecule has 0 radical (unpaired) electrons. The molecule has 7 heteroatoms. The Hall–Kier alpha value is -3.38. The van der Waals surface area contributed by atoms with E-state index in [1.807, 2.05) is 55.5 Å². The summed E-state index contributed by atoms with van der Waals surface area (Å²) in [7, 11) is 0. The molecule has 0 bridgehead atoms. The second-order valence-electron chi connectivity index (χ2n) is 6.40. The number of rotatable bonds is 5. The SMILES string of the molecule is Cc1ccc(-c2cc(C(=O)Nc3ccnn3Cc3ccc(Cl)cc3)on2)cc1. The summed E-state index contributed by atoms with van der Waals surface area (Å²) >= 11 is 5.92. The van der Waals surface area contributed by atoms with Gasteiger partial charge in [-0.15, -0.1) is 0 Å². The first-order valence-electron chi connectivity index (χ1n) is 8.70. The summed E-state index contributed by atoms with van der Waals surface area (Å²) in [6.45, 7) is 2.52. The van der Waals surface area contributed by atoms with E-state index in [1.165, 1.54) is 0 Å². The number of carbonyl (C=O) groups excluding carboxylic acids is 1. The molecule has 6 nitrogen and oxygen atoms in total. The van der Waals surface area contributed by atoms with Crippen LogP contribution in [0.1, 0.15) is 21.7 Å². The number of anilines is 1. The molecule has 28 heavy (non-hydrogen) atoms. The van der Waals surface area contributed by atoms with Crippen molar-refractivity contribution in [2.24, 2.45) is 0 Å². The molecule has 4 aromatic rings. The minimum Gasteiger partial charge on any atom is -0.350 e. The van der Waals surface area contributed by atoms with Gasteiger partial charge in [0.2, 0.25) is 5.76 Å². The van der Waals surface area contributed by atoms with Crippen molar-refractivity contribution < 1.29 is 9.32 Å². The highest BCUT2D eigenvalue weighted by atomic mass is 35.5. The van der Waals surface area contributed by atoms with Gasteiger partial charge < -0.3 is 9.84 Å². The Morgan fingerprint density at radius 2 is 1.86 bits per heavy atom. The number of nitrogens with one attached hydrogen (secondary N) is 1. The zero-order valence-electron chi connectivity index (χ0n) is 15.1. The number of hydrogen-bond donors (Lipinski definition) is 1. The van der Waals surface area contributed by atoms with Crippen molar-refractivity contribution in [3.05, 3.63) is 88.8 Å². The molecule has 0 aliphatic rings. The van der Waals surface area contributed by atoms with Crippen LogP contribution in [-0.4, -0.2) is 20.8 Å². The summed E-state index contributed by atoms with van der Waals surface area (Å²) in [5, 5.41) is 11.7. The second-order valence-corrected chi connectivity index (χ2v) is 6.83. The topological polar surface area (TPSA) is 73.0 Å². The lowest BCUT2D eigenvalue weighted by Gasteiger charge is -2.08. The summed E-state index contributed by atoms with van der Waals surface area (Å²) in [5.41, 5.74) is 3.67. The molecule has 0 saturated heterocycles. The van der Waals surface area contributed by atoms with Gasteiger partial charge in [0.25, 0.3) is 5.91 Å². The summed E-state index contributed by atoms with van der Waals surface area (Å²) in [5.74, 6) is 0.312. The van der Waals surface area contributed by atoms with Crippen LogP contribution in [0.25, 0.3) is 11.3 Å². The molecule has 1 amide bonds. The zero-order chi connectivity index (χ0) is 19.5. The van der Waals surface area contributed by atoms with Crippen LogP contribution in [0.3, 0.4) is 0 Å². The van der Waals surface area contributed by atoms with E-state index in [-0.39, 0.29) is 11.7 Å². The van der Waals surface area contributed by atoms with Crippen molar-refractivity contribution in [2.45, 2.75) is 13.5 Å². The fourth-order valence-electron chi connectivity index (χ4n) is 2.75. The monoisotopic (exact) mass is 392 g/mol. The fraction of sp³-hybridized carbons (Fsp3) is 0.0952. The third-order valence-corrected chi connectivity index (χ3v) is 4.54. The smallest absolute Gasteiger partial charge is 0.295 e. The summed E-state index contributed by atoms with van der Waals surface area (Å²) in [4.78, 5) is 12.6. The Balaban J connectivity index is 1.48. The number of nitrogens with zero attached hydrogens (tertiary/aromatic N) is 3. The molecule has 0 saturated carbocycles. The van der Waals surface area contributed by atoms with E-state index in [0.717, 1.165) is 16.7 Å². The first-order chi connectivity index (χ1) is 13.6. The Labute approximate surface area is 166 Å². The lowest BCUT2D eigenvalue weighted by Crippen LogP contribution is -2.15. The average Bonchev–Trinajstić information content (AvgIpc) is 3.34. The highest BCUT2D eigenvalue weighted by molar-refractivity contribution is 6.30. The fourth-order valence-corrected chi connectivity index (χ4v) is 2.87. The molecule has 140 valence electrons. The Morgan fingerprint density at radius 3 is 2.61 bits per heavy atom. The van der Waals surface area contributed by atoms with Crippen LogP contribution in [0.15, 0.2) is 71.4 Å². The maximum Gasteiger partial charge on any atom is 0.295 e. The van der Waals surface area contributed by atoms with Crippen molar-refractivity contribution in [1.29, 1.82) is 0 Å². The third-order valence-electron chi connectivity index (χ3n) is 4.29. The largest absolute Gasteiger partial charge is 0.350 e. The summed E-state index contributed by atoms with van der Waals surface area (Å²) < 4.78 is 6.92. The van der Waals surface area contributed by atoms with Crippen LogP contribution in [0.2, 0.25) is 5.02 Å². The molecule has 0 unspecified atom stereocenters. The van der Waals surface area contributed by atoms with Gasteiger partial charge in [-0.3, -0.25) is 4.79 Å². The molecule has 0 spiro atoms. The van der Waals surface area contributed by atoms with E-state index in [0.29, 0.717) is 23.1 Å².